The fraction of sp³-hybridized carbons (Fsp3) is 0.538. The van der Waals surface area contributed by atoms with Crippen molar-refractivity contribution in [3.8, 4) is 5.75 Å². The first-order valence-corrected chi connectivity index (χ1v) is 6.52. The lowest BCUT2D eigenvalue weighted by molar-refractivity contribution is 0.176. The summed E-state index contributed by atoms with van der Waals surface area (Å²) in [6.45, 7) is 8.68. The summed E-state index contributed by atoms with van der Waals surface area (Å²) in [5.41, 5.74) is 0.0273. The van der Waals surface area contributed by atoms with Crippen molar-refractivity contribution in [1.82, 2.24) is 5.32 Å². The molecule has 17 heavy (non-hydrogen) atoms. The second kappa shape index (κ2) is 6.36. The van der Waals surface area contributed by atoms with Gasteiger partial charge in [-0.3, -0.25) is 0 Å². The molecular formula is C13H19BrFNO. The summed E-state index contributed by atoms with van der Waals surface area (Å²) in [4.78, 5) is 0. The summed E-state index contributed by atoms with van der Waals surface area (Å²) in [5.74, 6) is 0.266. The van der Waals surface area contributed by atoms with Crippen molar-refractivity contribution in [3.05, 3.63) is 28.5 Å². The van der Waals surface area contributed by atoms with Gasteiger partial charge in [0.05, 0.1) is 11.1 Å². The van der Waals surface area contributed by atoms with Crippen molar-refractivity contribution in [3.63, 3.8) is 0 Å². The van der Waals surface area contributed by atoms with Crippen molar-refractivity contribution in [2.24, 2.45) is 5.41 Å². The molecule has 0 radical (unpaired) electrons. The number of halogens is 2. The Labute approximate surface area is 111 Å². The van der Waals surface area contributed by atoms with Crippen molar-refractivity contribution in [1.29, 1.82) is 0 Å². The Kier molecular flexibility index (Phi) is 5.40. The second-order valence-electron chi connectivity index (χ2n) is 4.81. The van der Waals surface area contributed by atoms with Crippen LogP contribution in [-0.2, 0) is 0 Å². The van der Waals surface area contributed by atoms with Crippen LogP contribution in [0.25, 0.3) is 0 Å². The van der Waals surface area contributed by atoms with E-state index >= 15 is 0 Å². The lowest BCUT2D eigenvalue weighted by atomic mass is 9.95. The Morgan fingerprint density at radius 3 is 2.71 bits per heavy atom. The third kappa shape index (κ3) is 5.04. The highest BCUT2D eigenvalue weighted by molar-refractivity contribution is 9.10. The average Bonchev–Trinajstić information content (AvgIpc) is 2.28. The molecule has 0 bridgehead atoms. The van der Waals surface area contributed by atoms with Gasteiger partial charge in [0.25, 0.3) is 0 Å². The Hall–Kier alpha value is -0.610. The number of rotatable bonds is 6. The molecule has 0 aliphatic rings. The van der Waals surface area contributed by atoms with E-state index in [4.69, 9.17) is 4.74 Å². The normalized spacial score (nSPS) is 11.6. The van der Waals surface area contributed by atoms with Gasteiger partial charge in [0.1, 0.15) is 11.6 Å². The van der Waals surface area contributed by atoms with Crippen LogP contribution in [0.1, 0.15) is 20.8 Å². The van der Waals surface area contributed by atoms with Crippen LogP contribution in [-0.4, -0.2) is 19.7 Å². The highest BCUT2D eigenvalue weighted by Crippen LogP contribution is 2.23. The minimum absolute atomic E-state index is 0.0273. The molecule has 1 aromatic carbocycles. The molecule has 2 nitrogen and oxygen atoms in total. The smallest absolute Gasteiger partial charge is 0.141 e. The summed E-state index contributed by atoms with van der Waals surface area (Å²) >= 11 is 3.11. The van der Waals surface area contributed by atoms with Crippen molar-refractivity contribution < 1.29 is 9.13 Å². The van der Waals surface area contributed by atoms with Crippen molar-refractivity contribution >= 4 is 15.9 Å². The molecule has 0 unspecified atom stereocenters. The molecule has 1 aromatic rings. The molecule has 0 aliphatic heterocycles. The third-order valence-corrected chi connectivity index (χ3v) is 3.02. The zero-order chi connectivity index (χ0) is 12.9. The van der Waals surface area contributed by atoms with E-state index in [0.29, 0.717) is 16.8 Å². The van der Waals surface area contributed by atoms with Crippen LogP contribution in [0.5, 0.6) is 5.75 Å². The highest BCUT2D eigenvalue weighted by Gasteiger charge is 2.18. The van der Waals surface area contributed by atoms with Crippen LogP contribution in [0.15, 0.2) is 22.7 Å². The van der Waals surface area contributed by atoms with E-state index in [2.05, 4.69) is 42.0 Å². The Balaban J connectivity index is 2.51. The number of nitrogens with one attached hydrogen (secondary N) is 1. The second-order valence-corrected chi connectivity index (χ2v) is 5.66. The first-order chi connectivity index (χ1) is 7.94. The molecule has 0 amide bonds. The van der Waals surface area contributed by atoms with Gasteiger partial charge in [-0.05, 0) is 34.6 Å². The molecular weight excluding hydrogens is 285 g/mol. The van der Waals surface area contributed by atoms with Gasteiger partial charge in [-0.1, -0.05) is 20.8 Å². The zero-order valence-electron chi connectivity index (χ0n) is 10.5. The SMILES string of the molecule is CCNCC(C)(C)COc1ccc(Br)c(F)c1. The molecule has 1 rings (SSSR count). The number of ether oxygens (including phenoxy) is 1. The van der Waals surface area contributed by atoms with E-state index < -0.39 is 0 Å². The highest BCUT2D eigenvalue weighted by atomic mass is 79.9. The molecule has 0 saturated carbocycles. The molecule has 96 valence electrons. The molecule has 0 saturated heterocycles. The first-order valence-electron chi connectivity index (χ1n) is 5.73. The number of hydrogen-bond acceptors (Lipinski definition) is 2. The maximum Gasteiger partial charge on any atom is 0.141 e. The predicted molar refractivity (Wildman–Crippen MR) is 71.9 cm³/mol. The molecule has 0 heterocycles. The molecule has 0 fully saturated rings. The molecule has 1 N–H and O–H groups in total. The third-order valence-electron chi connectivity index (χ3n) is 2.37. The van der Waals surface area contributed by atoms with E-state index in [0.717, 1.165) is 13.1 Å². The van der Waals surface area contributed by atoms with Gasteiger partial charge in [-0.25, -0.2) is 4.39 Å². The van der Waals surface area contributed by atoms with E-state index in [1.165, 1.54) is 6.07 Å². The lowest BCUT2D eigenvalue weighted by Gasteiger charge is -2.25. The van der Waals surface area contributed by atoms with Gasteiger partial charge in [0.2, 0.25) is 0 Å². The zero-order valence-corrected chi connectivity index (χ0v) is 12.1. The van der Waals surface area contributed by atoms with Gasteiger partial charge in [-0.2, -0.15) is 0 Å². The van der Waals surface area contributed by atoms with Gasteiger partial charge in [0.15, 0.2) is 0 Å². The summed E-state index contributed by atoms with van der Waals surface area (Å²) in [6.07, 6.45) is 0. The summed E-state index contributed by atoms with van der Waals surface area (Å²) < 4.78 is 19.3. The van der Waals surface area contributed by atoms with E-state index in [1.807, 2.05) is 0 Å². The number of hydrogen-bond donors (Lipinski definition) is 1. The summed E-state index contributed by atoms with van der Waals surface area (Å²) in [5, 5.41) is 3.28. The van der Waals surface area contributed by atoms with E-state index in [-0.39, 0.29) is 11.2 Å². The van der Waals surface area contributed by atoms with Gasteiger partial charge < -0.3 is 10.1 Å². The van der Waals surface area contributed by atoms with E-state index in [9.17, 15) is 4.39 Å². The first kappa shape index (κ1) is 14.5. The van der Waals surface area contributed by atoms with Crippen LogP contribution in [0.3, 0.4) is 0 Å². The minimum atomic E-state index is -0.299. The quantitative estimate of drug-likeness (QED) is 0.867. The summed E-state index contributed by atoms with van der Waals surface area (Å²) in [6, 6.07) is 4.81. The van der Waals surface area contributed by atoms with E-state index in [1.54, 1.807) is 12.1 Å². The largest absolute Gasteiger partial charge is 0.493 e. The predicted octanol–water partition coefficient (Wildman–Crippen LogP) is 3.60. The molecule has 0 aliphatic carbocycles. The standard InChI is InChI=1S/C13H19BrFNO/c1-4-16-8-13(2,3)9-17-10-5-6-11(14)12(15)7-10/h5-7,16H,4,8-9H2,1-3H3. The average molecular weight is 304 g/mol. The topological polar surface area (TPSA) is 21.3 Å². The fourth-order valence-electron chi connectivity index (χ4n) is 1.36. The van der Waals surface area contributed by atoms with Crippen LogP contribution >= 0.6 is 15.9 Å². The number of benzene rings is 1. The maximum absolute atomic E-state index is 13.3. The van der Waals surface area contributed by atoms with Crippen LogP contribution < -0.4 is 10.1 Å². The van der Waals surface area contributed by atoms with Crippen LogP contribution in [0.2, 0.25) is 0 Å². The van der Waals surface area contributed by atoms with Crippen LogP contribution in [0.4, 0.5) is 4.39 Å². The van der Waals surface area contributed by atoms with Gasteiger partial charge in [0, 0.05) is 18.0 Å². The summed E-state index contributed by atoms with van der Waals surface area (Å²) in [7, 11) is 0. The van der Waals surface area contributed by atoms with Gasteiger partial charge >= 0.3 is 0 Å². The van der Waals surface area contributed by atoms with Crippen LogP contribution in [0, 0.1) is 11.2 Å². The Morgan fingerprint density at radius 1 is 1.41 bits per heavy atom. The molecule has 0 aromatic heterocycles. The molecule has 0 spiro atoms. The monoisotopic (exact) mass is 303 g/mol. The van der Waals surface area contributed by atoms with Gasteiger partial charge in [-0.15, -0.1) is 0 Å². The fourth-order valence-corrected chi connectivity index (χ4v) is 1.61. The molecule has 0 atom stereocenters. The minimum Gasteiger partial charge on any atom is -0.493 e. The lowest BCUT2D eigenvalue weighted by Crippen LogP contribution is -2.34. The Morgan fingerprint density at radius 2 is 2.12 bits per heavy atom. The Bertz CT molecular complexity index is 368. The van der Waals surface area contributed by atoms with Crippen molar-refractivity contribution in [2.45, 2.75) is 20.8 Å². The molecule has 4 heteroatoms. The van der Waals surface area contributed by atoms with Crippen molar-refractivity contribution in [2.75, 3.05) is 19.7 Å². The maximum atomic E-state index is 13.3.